The van der Waals surface area contributed by atoms with Crippen LogP contribution < -0.4 is 5.73 Å². The summed E-state index contributed by atoms with van der Waals surface area (Å²) in [6.45, 7) is 3.03. The summed E-state index contributed by atoms with van der Waals surface area (Å²) in [7, 11) is 0. The Bertz CT molecular complexity index is 364. The molecule has 1 unspecified atom stereocenters. The molecule has 0 aliphatic heterocycles. The average Bonchev–Trinajstić information content (AvgIpc) is 2.13. The van der Waals surface area contributed by atoms with Gasteiger partial charge in [0.05, 0.1) is 6.04 Å². The van der Waals surface area contributed by atoms with Gasteiger partial charge in [0.15, 0.2) is 0 Å². The third-order valence-electron chi connectivity index (χ3n) is 2.39. The highest BCUT2D eigenvalue weighted by atomic mass is 16.3. The quantitative estimate of drug-likeness (QED) is 0.689. The van der Waals surface area contributed by atoms with Crippen LogP contribution in [0.4, 0.5) is 0 Å². The maximum atomic E-state index is 10.9. The number of carbonyl (C=O) groups is 1. The molecule has 82 valence electrons. The summed E-state index contributed by atoms with van der Waals surface area (Å²) in [5.74, 6) is -0.0870. The molecule has 0 saturated carbocycles. The first-order valence-corrected chi connectivity index (χ1v) is 4.69. The van der Waals surface area contributed by atoms with Crippen LogP contribution in [0.2, 0.25) is 0 Å². The lowest BCUT2D eigenvalue weighted by atomic mass is 10.0. The molecule has 0 heterocycles. The van der Waals surface area contributed by atoms with Gasteiger partial charge in [0.1, 0.15) is 17.3 Å². The van der Waals surface area contributed by atoms with E-state index in [0.29, 0.717) is 17.5 Å². The van der Waals surface area contributed by atoms with E-state index >= 15 is 0 Å². The lowest BCUT2D eigenvalue weighted by Gasteiger charge is -2.10. The molecule has 4 heteroatoms. The molecule has 1 aromatic carbocycles. The van der Waals surface area contributed by atoms with Crippen molar-refractivity contribution in [2.75, 3.05) is 0 Å². The molecule has 4 N–H and O–H groups in total. The summed E-state index contributed by atoms with van der Waals surface area (Å²) in [5.41, 5.74) is 6.65. The normalized spacial score (nSPS) is 12.5. The molecule has 0 aromatic heterocycles. The van der Waals surface area contributed by atoms with Gasteiger partial charge in [-0.15, -0.1) is 0 Å². The lowest BCUT2D eigenvalue weighted by Crippen LogP contribution is -2.30. The predicted molar refractivity (Wildman–Crippen MR) is 56.9 cm³/mol. The van der Waals surface area contributed by atoms with Crippen LogP contribution in [-0.2, 0) is 11.2 Å². The molecule has 0 spiro atoms. The summed E-state index contributed by atoms with van der Waals surface area (Å²) in [4.78, 5) is 10.9. The van der Waals surface area contributed by atoms with E-state index in [4.69, 9.17) is 5.73 Å². The minimum absolute atomic E-state index is 0.0146. The molecule has 1 rings (SSSR count). The second-order valence-electron chi connectivity index (χ2n) is 3.68. The number of hydrogen-bond donors (Lipinski definition) is 3. The highest BCUT2D eigenvalue weighted by molar-refractivity contribution is 5.81. The van der Waals surface area contributed by atoms with E-state index in [9.17, 15) is 15.0 Å². The van der Waals surface area contributed by atoms with E-state index in [0.717, 1.165) is 0 Å². The van der Waals surface area contributed by atoms with E-state index in [1.54, 1.807) is 6.92 Å². The number of phenolic OH excluding ortho intramolecular Hbond substituents is 2. The number of hydrogen-bond acceptors (Lipinski definition) is 4. The van der Waals surface area contributed by atoms with Crippen LogP contribution in [0.25, 0.3) is 0 Å². The molecular formula is C11H15NO3. The summed E-state index contributed by atoms with van der Waals surface area (Å²) in [6.07, 6.45) is 0.316. The van der Waals surface area contributed by atoms with E-state index in [-0.39, 0.29) is 17.3 Å². The highest BCUT2D eigenvalue weighted by Crippen LogP contribution is 2.27. The first-order chi connectivity index (χ1) is 6.91. The van der Waals surface area contributed by atoms with Crippen molar-refractivity contribution in [3.05, 3.63) is 23.3 Å². The summed E-state index contributed by atoms with van der Waals surface area (Å²) in [6, 6.07) is 2.43. The average molecular weight is 209 g/mol. The van der Waals surface area contributed by atoms with Crippen LogP contribution in [0.1, 0.15) is 18.1 Å². The fraction of sp³-hybridized carbons (Fsp3) is 0.364. The molecule has 0 amide bonds. The molecule has 0 aliphatic rings. The van der Waals surface area contributed by atoms with Gasteiger partial charge in [-0.3, -0.25) is 4.79 Å². The Balaban J connectivity index is 2.92. The molecule has 0 bridgehead atoms. The SMILES string of the molecule is CC(=O)C(N)Cc1cc(O)c(C)c(O)c1. The van der Waals surface area contributed by atoms with E-state index < -0.39 is 6.04 Å². The van der Waals surface area contributed by atoms with Gasteiger partial charge in [0.25, 0.3) is 0 Å². The Kier molecular flexibility index (Phi) is 3.31. The Morgan fingerprint density at radius 3 is 2.27 bits per heavy atom. The largest absolute Gasteiger partial charge is 0.508 e. The zero-order valence-corrected chi connectivity index (χ0v) is 8.82. The van der Waals surface area contributed by atoms with Gasteiger partial charge in [-0.2, -0.15) is 0 Å². The van der Waals surface area contributed by atoms with E-state index in [2.05, 4.69) is 0 Å². The first-order valence-electron chi connectivity index (χ1n) is 4.69. The van der Waals surface area contributed by atoms with Crippen molar-refractivity contribution in [3.63, 3.8) is 0 Å². The summed E-state index contributed by atoms with van der Waals surface area (Å²) in [5, 5.41) is 18.9. The van der Waals surface area contributed by atoms with Crippen LogP contribution >= 0.6 is 0 Å². The first kappa shape index (κ1) is 11.5. The molecular weight excluding hydrogens is 194 g/mol. The van der Waals surface area contributed by atoms with Crippen molar-refractivity contribution in [2.24, 2.45) is 5.73 Å². The number of carbonyl (C=O) groups excluding carboxylic acids is 1. The number of aromatic hydroxyl groups is 2. The van der Waals surface area contributed by atoms with E-state index in [1.165, 1.54) is 19.1 Å². The van der Waals surface area contributed by atoms with Crippen molar-refractivity contribution in [2.45, 2.75) is 26.3 Å². The van der Waals surface area contributed by atoms with Crippen molar-refractivity contribution in [1.29, 1.82) is 0 Å². The number of rotatable bonds is 3. The highest BCUT2D eigenvalue weighted by Gasteiger charge is 2.11. The molecule has 15 heavy (non-hydrogen) atoms. The molecule has 0 radical (unpaired) electrons. The lowest BCUT2D eigenvalue weighted by molar-refractivity contribution is -0.118. The maximum Gasteiger partial charge on any atom is 0.146 e. The molecule has 0 saturated heterocycles. The zero-order chi connectivity index (χ0) is 11.6. The second kappa shape index (κ2) is 4.31. The molecule has 1 aromatic rings. The minimum atomic E-state index is -0.591. The van der Waals surface area contributed by atoms with Crippen LogP contribution in [0.15, 0.2) is 12.1 Å². The maximum absolute atomic E-state index is 10.9. The monoisotopic (exact) mass is 209 g/mol. The van der Waals surface area contributed by atoms with Crippen molar-refractivity contribution in [3.8, 4) is 11.5 Å². The summed E-state index contributed by atoms with van der Waals surface area (Å²) < 4.78 is 0. The molecule has 0 fully saturated rings. The Labute approximate surface area is 88.3 Å². The van der Waals surface area contributed by atoms with Gasteiger partial charge in [0.2, 0.25) is 0 Å². The van der Waals surface area contributed by atoms with Crippen molar-refractivity contribution >= 4 is 5.78 Å². The second-order valence-corrected chi connectivity index (χ2v) is 3.68. The number of phenols is 2. The van der Waals surface area contributed by atoms with Crippen LogP contribution in [0, 0.1) is 6.92 Å². The number of ketones is 1. The number of benzene rings is 1. The van der Waals surface area contributed by atoms with Gasteiger partial charge < -0.3 is 15.9 Å². The van der Waals surface area contributed by atoms with Crippen molar-refractivity contribution in [1.82, 2.24) is 0 Å². The topological polar surface area (TPSA) is 83.6 Å². The Morgan fingerprint density at radius 2 is 1.87 bits per heavy atom. The van der Waals surface area contributed by atoms with Gasteiger partial charge in [-0.1, -0.05) is 0 Å². The van der Waals surface area contributed by atoms with Crippen LogP contribution in [0.3, 0.4) is 0 Å². The smallest absolute Gasteiger partial charge is 0.146 e. The van der Waals surface area contributed by atoms with Crippen LogP contribution in [0.5, 0.6) is 11.5 Å². The molecule has 4 nitrogen and oxygen atoms in total. The van der Waals surface area contributed by atoms with E-state index in [1.807, 2.05) is 0 Å². The van der Waals surface area contributed by atoms with Crippen LogP contribution in [-0.4, -0.2) is 22.0 Å². The Morgan fingerprint density at radius 1 is 1.40 bits per heavy atom. The van der Waals surface area contributed by atoms with Gasteiger partial charge in [-0.05, 0) is 38.0 Å². The Hall–Kier alpha value is -1.55. The zero-order valence-electron chi connectivity index (χ0n) is 8.82. The standard InChI is InChI=1S/C11H15NO3/c1-6-10(14)4-8(5-11(6)15)3-9(12)7(2)13/h4-5,9,14-15H,3,12H2,1-2H3. The minimum Gasteiger partial charge on any atom is -0.508 e. The third-order valence-corrected chi connectivity index (χ3v) is 2.39. The number of nitrogens with two attached hydrogens (primary N) is 1. The summed E-state index contributed by atoms with van der Waals surface area (Å²) >= 11 is 0. The van der Waals surface area contributed by atoms with Gasteiger partial charge in [-0.25, -0.2) is 0 Å². The third kappa shape index (κ3) is 2.70. The molecule has 0 aliphatic carbocycles. The molecule has 1 atom stereocenters. The van der Waals surface area contributed by atoms with Crippen molar-refractivity contribution < 1.29 is 15.0 Å². The van der Waals surface area contributed by atoms with Gasteiger partial charge in [0, 0.05) is 5.56 Å². The number of Topliss-reactive ketones (excluding diaryl/α,β-unsaturated/α-hetero) is 1. The predicted octanol–water partition coefficient (Wildman–Crippen LogP) is 0.865. The fourth-order valence-corrected chi connectivity index (χ4v) is 1.26. The van der Waals surface area contributed by atoms with Gasteiger partial charge >= 0.3 is 0 Å². The fourth-order valence-electron chi connectivity index (χ4n) is 1.26.